The number of hydrogen-bond donors (Lipinski definition) is 1. The van der Waals surface area contributed by atoms with E-state index < -0.39 is 40.4 Å². The van der Waals surface area contributed by atoms with Gasteiger partial charge in [-0.25, -0.2) is 4.98 Å². The summed E-state index contributed by atoms with van der Waals surface area (Å²) in [5, 5.41) is -0.0377. The van der Waals surface area contributed by atoms with Gasteiger partial charge in [0.2, 0.25) is 5.28 Å². The van der Waals surface area contributed by atoms with Crippen molar-refractivity contribution in [1.29, 1.82) is 0 Å². The van der Waals surface area contributed by atoms with Gasteiger partial charge in [0.05, 0.1) is 17.8 Å². The van der Waals surface area contributed by atoms with E-state index in [-0.39, 0.29) is 22.6 Å². The molecule has 2 aliphatic rings. The molecule has 4 heterocycles. The molecule has 5 rings (SSSR count). The van der Waals surface area contributed by atoms with Gasteiger partial charge in [0.1, 0.15) is 23.8 Å². The highest BCUT2D eigenvalue weighted by molar-refractivity contribution is 7.86. The van der Waals surface area contributed by atoms with Crippen molar-refractivity contribution in [1.82, 2.24) is 19.5 Å². The topological polar surface area (TPSA) is 141 Å². The lowest BCUT2D eigenvalue weighted by molar-refractivity contribution is -0.198. The van der Waals surface area contributed by atoms with Crippen LogP contribution in [0.15, 0.2) is 35.5 Å². The molecule has 11 nitrogen and oxygen atoms in total. The molecule has 0 aliphatic carbocycles. The fraction of sp³-hybridized carbons (Fsp3) is 0.450. The van der Waals surface area contributed by atoms with Crippen LogP contribution in [0.3, 0.4) is 0 Å². The van der Waals surface area contributed by atoms with E-state index in [1.165, 1.54) is 18.5 Å². The van der Waals surface area contributed by atoms with E-state index in [1.54, 1.807) is 30.5 Å². The highest BCUT2D eigenvalue weighted by Gasteiger charge is 2.56. The van der Waals surface area contributed by atoms with Gasteiger partial charge in [-0.05, 0) is 44.5 Å². The number of nitrogen functional groups attached to an aromatic ring is 1. The minimum Gasteiger partial charge on any atom is -0.382 e. The third-order valence-electron chi connectivity index (χ3n) is 5.52. The number of hydrogen-bond acceptors (Lipinski definition) is 10. The van der Waals surface area contributed by atoms with Crippen molar-refractivity contribution < 1.29 is 26.8 Å². The van der Waals surface area contributed by atoms with Gasteiger partial charge in [0, 0.05) is 0 Å². The number of rotatable bonds is 5. The lowest BCUT2D eigenvalue weighted by Crippen LogP contribution is -2.33. The van der Waals surface area contributed by atoms with Crippen LogP contribution in [0.25, 0.3) is 11.2 Å². The summed E-state index contributed by atoms with van der Waals surface area (Å²) in [5.74, 6) is -0.778. The van der Waals surface area contributed by atoms with Crippen molar-refractivity contribution in [3.63, 3.8) is 0 Å². The van der Waals surface area contributed by atoms with Gasteiger partial charge in [0.15, 0.2) is 23.5 Å². The summed E-state index contributed by atoms with van der Waals surface area (Å²) >= 11 is 5.99. The molecule has 13 heteroatoms. The Bertz CT molecular complexity index is 1310. The highest BCUT2D eigenvalue weighted by Crippen LogP contribution is 2.44. The monoisotopic (exact) mass is 495 g/mol. The lowest BCUT2D eigenvalue weighted by atomic mass is 10.1. The van der Waals surface area contributed by atoms with Crippen molar-refractivity contribution in [2.45, 2.75) is 56.0 Å². The molecule has 4 atom stereocenters. The van der Waals surface area contributed by atoms with Crippen molar-refractivity contribution >= 4 is 38.7 Å². The zero-order valence-electron chi connectivity index (χ0n) is 18.0. The molecule has 176 valence electrons. The van der Waals surface area contributed by atoms with E-state index >= 15 is 0 Å². The van der Waals surface area contributed by atoms with E-state index in [0.29, 0.717) is 11.2 Å². The third-order valence-corrected chi connectivity index (χ3v) is 6.98. The number of imidazole rings is 1. The summed E-state index contributed by atoms with van der Waals surface area (Å²) in [6.07, 6.45) is -1.15. The van der Waals surface area contributed by atoms with Crippen molar-refractivity contribution in [3.8, 4) is 0 Å². The Morgan fingerprint density at radius 3 is 2.61 bits per heavy atom. The maximum atomic E-state index is 12.7. The second-order valence-corrected chi connectivity index (χ2v) is 10.3. The fourth-order valence-corrected chi connectivity index (χ4v) is 5.13. The molecule has 0 radical (unpaired) electrons. The summed E-state index contributed by atoms with van der Waals surface area (Å²) in [6, 6.07) is 6.40. The SMILES string of the molecule is Cc1ccc(S(=O)(=O)OCC2OC(n3cnc4c(N)nc(Cl)nc43)C3OC(C)(C)OC23)cc1. The van der Waals surface area contributed by atoms with Crippen LogP contribution in [0.2, 0.25) is 5.28 Å². The van der Waals surface area contributed by atoms with Crippen LogP contribution in [0.1, 0.15) is 25.6 Å². The molecule has 2 aromatic heterocycles. The molecule has 0 amide bonds. The molecule has 2 aliphatic heterocycles. The summed E-state index contributed by atoms with van der Waals surface area (Å²) in [7, 11) is -3.99. The van der Waals surface area contributed by atoms with Gasteiger partial charge in [-0.15, -0.1) is 0 Å². The minimum atomic E-state index is -3.99. The van der Waals surface area contributed by atoms with E-state index in [1.807, 2.05) is 6.92 Å². The quantitative estimate of drug-likeness (QED) is 0.413. The molecule has 2 saturated heterocycles. The van der Waals surface area contributed by atoms with Gasteiger partial charge in [-0.3, -0.25) is 8.75 Å². The van der Waals surface area contributed by atoms with Gasteiger partial charge in [-0.2, -0.15) is 18.4 Å². The van der Waals surface area contributed by atoms with Gasteiger partial charge in [0.25, 0.3) is 10.1 Å². The predicted octanol–water partition coefficient (Wildman–Crippen LogP) is 2.19. The zero-order valence-corrected chi connectivity index (χ0v) is 19.6. The van der Waals surface area contributed by atoms with Crippen LogP contribution in [-0.4, -0.2) is 58.6 Å². The Morgan fingerprint density at radius 2 is 1.88 bits per heavy atom. The highest BCUT2D eigenvalue weighted by atomic mass is 35.5. The molecule has 0 bridgehead atoms. The van der Waals surface area contributed by atoms with Crippen LogP contribution >= 0.6 is 11.6 Å². The number of aryl methyl sites for hydroxylation is 1. The molecule has 33 heavy (non-hydrogen) atoms. The maximum Gasteiger partial charge on any atom is 0.297 e. The Balaban J connectivity index is 1.43. The average molecular weight is 496 g/mol. The first-order valence-electron chi connectivity index (χ1n) is 10.2. The number of ether oxygens (including phenoxy) is 3. The molecule has 4 unspecified atom stereocenters. The van der Waals surface area contributed by atoms with Crippen LogP contribution in [0.5, 0.6) is 0 Å². The van der Waals surface area contributed by atoms with Gasteiger partial charge < -0.3 is 19.9 Å². The normalized spacial score (nSPS) is 26.7. The van der Waals surface area contributed by atoms with Crippen molar-refractivity contribution in [3.05, 3.63) is 41.4 Å². The smallest absolute Gasteiger partial charge is 0.297 e. The van der Waals surface area contributed by atoms with Crippen LogP contribution in [0, 0.1) is 6.92 Å². The lowest BCUT2D eigenvalue weighted by Gasteiger charge is -2.24. The second kappa shape index (κ2) is 7.86. The van der Waals surface area contributed by atoms with Crippen LogP contribution < -0.4 is 5.73 Å². The van der Waals surface area contributed by atoms with E-state index in [0.717, 1.165) is 5.56 Å². The van der Waals surface area contributed by atoms with Gasteiger partial charge in [-0.1, -0.05) is 17.7 Å². The Hall–Kier alpha value is -2.35. The number of nitrogens with two attached hydrogens (primary N) is 1. The number of nitrogens with zero attached hydrogens (tertiary/aromatic N) is 4. The Kier molecular flexibility index (Phi) is 5.34. The number of benzene rings is 1. The standard InChI is InChI=1S/C20H22ClN5O6S/c1-10-4-6-11(7-5-10)33(27,28)29-8-12-14-15(32-20(2,3)31-14)18(30-12)26-9-23-13-16(22)24-19(21)25-17(13)26/h4-7,9,12,14-15,18H,8H2,1-3H3,(H2,22,24,25). The first kappa shape index (κ1) is 22.4. The summed E-state index contributed by atoms with van der Waals surface area (Å²) in [6.45, 7) is 5.14. The van der Waals surface area contributed by atoms with Crippen molar-refractivity contribution in [2.75, 3.05) is 12.3 Å². The molecule has 1 aromatic carbocycles. The summed E-state index contributed by atoms with van der Waals surface area (Å²) in [5.41, 5.74) is 7.57. The van der Waals surface area contributed by atoms with Crippen LogP contribution in [-0.2, 0) is 28.5 Å². The molecule has 0 spiro atoms. The van der Waals surface area contributed by atoms with E-state index in [2.05, 4.69) is 15.0 Å². The fourth-order valence-electron chi connectivity index (χ4n) is 4.04. The number of halogens is 1. The molecule has 2 N–H and O–H groups in total. The minimum absolute atomic E-state index is 0.0377. The first-order valence-corrected chi connectivity index (χ1v) is 12.0. The van der Waals surface area contributed by atoms with E-state index in [4.69, 9.17) is 35.7 Å². The Labute approximate surface area is 194 Å². The number of anilines is 1. The van der Waals surface area contributed by atoms with E-state index in [9.17, 15) is 8.42 Å². The first-order chi connectivity index (χ1) is 15.5. The molecular weight excluding hydrogens is 474 g/mol. The largest absolute Gasteiger partial charge is 0.382 e. The molecule has 2 fully saturated rings. The van der Waals surface area contributed by atoms with Crippen molar-refractivity contribution in [2.24, 2.45) is 0 Å². The average Bonchev–Trinajstić information content (AvgIpc) is 3.37. The maximum absolute atomic E-state index is 12.7. The number of fused-ring (bicyclic) bond motifs is 2. The van der Waals surface area contributed by atoms with Gasteiger partial charge >= 0.3 is 0 Å². The molecular formula is C20H22ClN5O6S. The predicted molar refractivity (Wildman–Crippen MR) is 117 cm³/mol. The molecule has 0 saturated carbocycles. The van der Waals surface area contributed by atoms with Crippen LogP contribution in [0.4, 0.5) is 5.82 Å². The summed E-state index contributed by atoms with van der Waals surface area (Å²) in [4.78, 5) is 12.5. The third kappa shape index (κ3) is 4.07. The number of aromatic nitrogens is 4. The second-order valence-electron chi connectivity index (χ2n) is 8.38. The zero-order chi connectivity index (χ0) is 23.5. The molecule has 3 aromatic rings. The Morgan fingerprint density at radius 1 is 1.18 bits per heavy atom. The summed E-state index contributed by atoms with van der Waals surface area (Å²) < 4.78 is 50.5.